The largest absolute Gasteiger partial charge is 0.489 e. The number of rotatable bonds is 5. The highest BCUT2D eigenvalue weighted by atomic mass is 16.5. The number of hydrogen-bond acceptors (Lipinski definition) is 4. The van der Waals surface area contributed by atoms with E-state index in [1.807, 2.05) is 30.3 Å². The van der Waals surface area contributed by atoms with Gasteiger partial charge < -0.3 is 19.2 Å². The zero-order chi connectivity index (χ0) is 18.1. The van der Waals surface area contributed by atoms with Gasteiger partial charge in [0.15, 0.2) is 5.76 Å². The normalized spacial score (nSPS) is 26.5. The van der Waals surface area contributed by atoms with Gasteiger partial charge in [0.2, 0.25) is 0 Å². The van der Waals surface area contributed by atoms with Crippen molar-refractivity contribution < 1.29 is 18.7 Å². The number of ether oxygens (including phenoxy) is 2. The van der Waals surface area contributed by atoms with E-state index in [0.717, 1.165) is 30.8 Å². The number of nitrogens with one attached hydrogen (secondary N) is 1. The van der Waals surface area contributed by atoms with Crippen LogP contribution in [0.4, 0.5) is 0 Å². The van der Waals surface area contributed by atoms with E-state index in [1.165, 1.54) is 6.26 Å². The summed E-state index contributed by atoms with van der Waals surface area (Å²) in [5, 5.41) is 3.18. The molecule has 5 nitrogen and oxygen atoms in total. The molecule has 2 fully saturated rings. The number of para-hydroxylation sites is 1. The van der Waals surface area contributed by atoms with Crippen molar-refractivity contribution in [3.63, 3.8) is 0 Å². The molecule has 1 aromatic heterocycles. The first-order valence-electron chi connectivity index (χ1n) is 9.24. The molecule has 1 aromatic carbocycles. The second-order valence-corrected chi connectivity index (χ2v) is 7.75. The number of benzene rings is 1. The van der Waals surface area contributed by atoms with Gasteiger partial charge in [0.1, 0.15) is 12.4 Å². The molecular weight excluding hydrogens is 330 g/mol. The minimum Gasteiger partial charge on any atom is -0.489 e. The Hall–Kier alpha value is -2.27. The van der Waals surface area contributed by atoms with Crippen LogP contribution in [0.5, 0.6) is 5.75 Å². The molecule has 5 heteroatoms. The molecule has 1 saturated heterocycles. The number of hydrogen-bond donors (Lipinski definition) is 1. The van der Waals surface area contributed by atoms with Gasteiger partial charge in [-0.1, -0.05) is 32.0 Å². The zero-order valence-corrected chi connectivity index (χ0v) is 15.2. The molecule has 1 N–H and O–H groups in total. The molecule has 1 amide bonds. The molecule has 2 heterocycles. The lowest BCUT2D eigenvalue weighted by molar-refractivity contribution is -0.189. The van der Waals surface area contributed by atoms with E-state index in [1.54, 1.807) is 6.07 Å². The topological polar surface area (TPSA) is 60.7 Å². The molecule has 1 aliphatic carbocycles. The highest BCUT2D eigenvalue weighted by Crippen LogP contribution is 2.51. The van der Waals surface area contributed by atoms with Gasteiger partial charge in [-0.15, -0.1) is 0 Å². The van der Waals surface area contributed by atoms with Gasteiger partial charge >= 0.3 is 0 Å². The van der Waals surface area contributed by atoms with E-state index in [0.29, 0.717) is 18.3 Å². The van der Waals surface area contributed by atoms with Crippen LogP contribution in [0.25, 0.3) is 0 Å². The van der Waals surface area contributed by atoms with Crippen LogP contribution in [0.3, 0.4) is 0 Å². The third kappa shape index (κ3) is 3.01. The summed E-state index contributed by atoms with van der Waals surface area (Å²) in [4.78, 5) is 12.8. The maximum Gasteiger partial charge on any atom is 0.287 e. The summed E-state index contributed by atoms with van der Waals surface area (Å²) in [7, 11) is 0. The number of fused-ring (bicyclic) bond motifs is 1. The Morgan fingerprint density at radius 3 is 2.88 bits per heavy atom. The molecule has 1 aliphatic heterocycles. The molecule has 2 aliphatic rings. The standard InChI is InChI=1S/C21H25NO4/c1-21(2)18(16-9-6-11-25-19(16)21)22-20(23)17-14(10-12-24-17)13-26-15-7-4-3-5-8-15/h3-5,7-8,10,12,16,18-19H,6,9,11,13H2,1-2H3,(H,22,23)/t16-,18-,19-/m1/s1. The van der Waals surface area contributed by atoms with Crippen LogP contribution in [-0.2, 0) is 11.3 Å². The Morgan fingerprint density at radius 2 is 2.08 bits per heavy atom. The molecule has 0 radical (unpaired) electrons. The predicted molar refractivity (Wildman–Crippen MR) is 97.0 cm³/mol. The quantitative estimate of drug-likeness (QED) is 0.886. The Morgan fingerprint density at radius 1 is 1.27 bits per heavy atom. The lowest BCUT2D eigenvalue weighted by Crippen LogP contribution is -2.70. The molecule has 26 heavy (non-hydrogen) atoms. The highest BCUT2D eigenvalue weighted by Gasteiger charge is 2.58. The van der Waals surface area contributed by atoms with Gasteiger partial charge in [-0.05, 0) is 31.0 Å². The molecular formula is C21H25NO4. The predicted octanol–water partition coefficient (Wildman–Crippen LogP) is 3.79. The van der Waals surface area contributed by atoms with Crippen molar-refractivity contribution in [1.29, 1.82) is 0 Å². The Balaban J connectivity index is 1.42. The van der Waals surface area contributed by atoms with Crippen molar-refractivity contribution in [2.24, 2.45) is 11.3 Å². The average Bonchev–Trinajstić information content (AvgIpc) is 3.14. The fraction of sp³-hybridized carbons (Fsp3) is 0.476. The monoisotopic (exact) mass is 355 g/mol. The van der Waals surface area contributed by atoms with E-state index < -0.39 is 0 Å². The van der Waals surface area contributed by atoms with Gasteiger partial charge in [-0.25, -0.2) is 0 Å². The second kappa shape index (κ2) is 6.80. The third-order valence-electron chi connectivity index (χ3n) is 5.71. The van der Waals surface area contributed by atoms with Crippen LogP contribution in [-0.4, -0.2) is 24.7 Å². The lowest BCUT2D eigenvalue weighted by atomic mass is 9.55. The van der Waals surface area contributed by atoms with E-state index >= 15 is 0 Å². The molecule has 0 unspecified atom stereocenters. The Bertz CT molecular complexity index is 767. The van der Waals surface area contributed by atoms with Crippen LogP contribution < -0.4 is 10.1 Å². The van der Waals surface area contributed by atoms with Gasteiger partial charge in [-0.2, -0.15) is 0 Å². The van der Waals surface area contributed by atoms with Crippen molar-refractivity contribution in [2.45, 2.75) is 45.4 Å². The first-order chi connectivity index (χ1) is 12.6. The van der Waals surface area contributed by atoms with Crippen LogP contribution in [0.2, 0.25) is 0 Å². The van der Waals surface area contributed by atoms with Crippen LogP contribution in [0, 0.1) is 11.3 Å². The van der Waals surface area contributed by atoms with E-state index in [9.17, 15) is 4.79 Å². The summed E-state index contributed by atoms with van der Waals surface area (Å²) in [6, 6.07) is 11.4. The van der Waals surface area contributed by atoms with Gasteiger partial charge in [0.25, 0.3) is 5.91 Å². The third-order valence-corrected chi connectivity index (χ3v) is 5.71. The van der Waals surface area contributed by atoms with Gasteiger partial charge in [0, 0.05) is 29.5 Å². The second-order valence-electron chi connectivity index (χ2n) is 7.75. The van der Waals surface area contributed by atoms with Gasteiger partial charge in [0.05, 0.1) is 12.4 Å². The average molecular weight is 355 g/mol. The molecule has 1 saturated carbocycles. The Labute approximate surface area is 153 Å². The number of carbonyl (C=O) groups excluding carboxylic acids is 1. The van der Waals surface area contributed by atoms with Crippen molar-refractivity contribution in [2.75, 3.05) is 6.61 Å². The smallest absolute Gasteiger partial charge is 0.287 e. The maximum absolute atomic E-state index is 12.8. The molecule has 2 aromatic rings. The summed E-state index contributed by atoms with van der Waals surface area (Å²) in [5.74, 6) is 1.31. The molecule has 3 atom stereocenters. The summed E-state index contributed by atoms with van der Waals surface area (Å²) in [6.07, 6.45) is 3.93. The van der Waals surface area contributed by atoms with Crippen LogP contribution in [0.15, 0.2) is 47.1 Å². The SMILES string of the molecule is CC1(C)[C@H](NC(=O)c2occc2COc2ccccc2)[C@H]2CCCO[C@H]21. The number of carbonyl (C=O) groups is 1. The molecule has 4 rings (SSSR count). The van der Waals surface area contributed by atoms with Crippen LogP contribution >= 0.6 is 0 Å². The lowest BCUT2D eigenvalue weighted by Gasteiger charge is -2.59. The summed E-state index contributed by atoms with van der Waals surface area (Å²) < 4.78 is 17.1. The zero-order valence-electron chi connectivity index (χ0n) is 15.2. The Kier molecular flexibility index (Phi) is 4.49. The fourth-order valence-electron chi connectivity index (χ4n) is 4.35. The van der Waals surface area contributed by atoms with E-state index in [2.05, 4.69) is 19.2 Å². The fourth-order valence-corrected chi connectivity index (χ4v) is 4.35. The molecule has 138 valence electrons. The minimum atomic E-state index is -0.177. The first-order valence-corrected chi connectivity index (χ1v) is 9.24. The summed E-state index contributed by atoms with van der Waals surface area (Å²) >= 11 is 0. The number of amides is 1. The number of furan rings is 1. The van der Waals surface area contributed by atoms with E-state index in [-0.39, 0.29) is 23.5 Å². The van der Waals surface area contributed by atoms with Crippen molar-refractivity contribution in [1.82, 2.24) is 5.32 Å². The van der Waals surface area contributed by atoms with Crippen molar-refractivity contribution in [3.8, 4) is 5.75 Å². The first kappa shape index (κ1) is 17.2. The maximum atomic E-state index is 12.8. The van der Waals surface area contributed by atoms with E-state index in [4.69, 9.17) is 13.9 Å². The minimum absolute atomic E-state index is 0.0615. The van der Waals surface area contributed by atoms with Gasteiger partial charge in [-0.3, -0.25) is 4.79 Å². The summed E-state index contributed by atoms with van der Waals surface area (Å²) in [5.41, 5.74) is 0.688. The van der Waals surface area contributed by atoms with Crippen molar-refractivity contribution >= 4 is 5.91 Å². The van der Waals surface area contributed by atoms with Crippen LogP contribution in [0.1, 0.15) is 42.8 Å². The molecule has 0 spiro atoms. The summed E-state index contributed by atoms with van der Waals surface area (Å²) in [6.45, 7) is 5.44. The van der Waals surface area contributed by atoms with Crippen molar-refractivity contribution in [3.05, 3.63) is 54.0 Å². The molecule has 0 bridgehead atoms. The highest BCUT2D eigenvalue weighted by molar-refractivity contribution is 5.93.